The van der Waals surface area contributed by atoms with Crippen molar-refractivity contribution in [3.05, 3.63) is 58.6 Å². The van der Waals surface area contributed by atoms with Crippen LogP contribution in [0.15, 0.2) is 36.5 Å². The van der Waals surface area contributed by atoms with Gasteiger partial charge in [-0.25, -0.2) is 9.50 Å². The second-order valence-corrected chi connectivity index (χ2v) is 5.42. The molecule has 0 saturated carbocycles. The lowest BCUT2D eigenvalue weighted by atomic mass is 10.1. The van der Waals surface area contributed by atoms with Crippen molar-refractivity contribution in [1.82, 2.24) is 24.9 Å². The van der Waals surface area contributed by atoms with Gasteiger partial charge in [-0.2, -0.15) is 4.98 Å². The summed E-state index contributed by atoms with van der Waals surface area (Å²) in [6.07, 6.45) is 1.64. The molecule has 112 valence electrons. The van der Waals surface area contributed by atoms with E-state index in [2.05, 4.69) is 20.4 Å². The van der Waals surface area contributed by atoms with E-state index in [0.717, 1.165) is 11.3 Å². The third-order valence-electron chi connectivity index (χ3n) is 3.35. The molecule has 2 heterocycles. The number of aromatic nitrogens is 4. The first-order valence-corrected chi connectivity index (χ1v) is 7.17. The van der Waals surface area contributed by atoms with Crippen molar-refractivity contribution in [2.45, 2.75) is 19.9 Å². The van der Waals surface area contributed by atoms with Crippen LogP contribution in [0.5, 0.6) is 0 Å². The fourth-order valence-electron chi connectivity index (χ4n) is 2.10. The Morgan fingerprint density at radius 3 is 2.68 bits per heavy atom. The Hall–Kier alpha value is -2.47. The average Bonchev–Trinajstić information content (AvgIpc) is 2.93. The van der Waals surface area contributed by atoms with E-state index in [1.165, 1.54) is 0 Å². The molecule has 3 rings (SSSR count). The van der Waals surface area contributed by atoms with Gasteiger partial charge in [-0.15, -0.1) is 5.10 Å². The first-order chi connectivity index (χ1) is 10.5. The molecule has 2 aromatic heterocycles. The number of nitrogens with one attached hydrogen (secondary N) is 1. The minimum Gasteiger partial charge on any atom is -0.343 e. The predicted octanol–water partition coefficient (Wildman–Crippen LogP) is 2.58. The number of benzene rings is 1. The van der Waals surface area contributed by atoms with Crippen LogP contribution in [0, 0.1) is 6.92 Å². The lowest BCUT2D eigenvalue weighted by molar-refractivity contribution is 0.0929. The van der Waals surface area contributed by atoms with E-state index in [9.17, 15) is 4.79 Å². The highest BCUT2D eigenvalue weighted by Crippen LogP contribution is 2.16. The van der Waals surface area contributed by atoms with Crippen molar-refractivity contribution < 1.29 is 4.79 Å². The molecule has 0 aliphatic carbocycles. The summed E-state index contributed by atoms with van der Waals surface area (Å²) in [6.45, 7) is 3.77. The monoisotopic (exact) mass is 315 g/mol. The van der Waals surface area contributed by atoms with Crippen molar-refractivity contribution in [3.8, 4) is 0 Å². The summed E-state index contributed by atoms with van der Waals surface area (Å²) in [7, 11) is 0. The number of hydrogen-bond donors (Lipinski definition) is 1. The van der Waals surface area contributed by atoms with E-state index < -0.39 is 0 Å². The highest BCUT2D eigenvalue weighted by molar-refractivity contribution is 6.30. The highest BCUT2D eigenvalue weighted by atomic mass is 35.5. The Morgan fingerprint density at radius 2 is 2.00 bits per heavy atom. The van der Waals surface area contributed by atoms with Gasteiger partial charge >= 0.3 is 0 Å². The van der Waals surface area contributed by atoms with E-state index in [-0.39, 0.29) is 17.8 Å². The zero-order valence-electron chi connectivity index (χ0n) is 12.1. The molecule has 0 fully saturated rings. The third kappa shape index (κ3) is 2.78. The normalized spacial score (nSPS) is 12.3. The second-order valence-electron chi connectivity index (χ2n) is 4.98. The molecule has 1 aromatic carbocycles. The lowest BCUT2D eigenvalue weighted by Gasteiger charge is -2.12. The topological polar surface area (TPSA) is 72.2 Å². The molecule has 22 heavy (non-hydrogen) atoms. The van der Waals surface area contributed by atoms with Crippen molar-refractivity contribution in [1.29, 1.82) is 0 Å². The van der Waals surface area contributed by atoms with Gasteiger partial charge in [-0.3, -0.25) is 4.79 Å². The van der Waals surface area contributed by atoms with Gasteiger partial charge in [0.05, 0.1) is 6.04 Å². The SMILES string of the molecule is Cc1ccnc2nc(C(=O)NC(C)c3ccc(Cl)cc3)nn12. The van der Waals surface area contributed by atoms with Crippen LogP contribution in [-0.4, -0.2) is 25.5 Å². The molecule has 0 aliphatic heterocycles. The molecule has 1 amide bonds. The molecule has 1 atom stereocenters. The van der Waals surface area contributed by atoms with Crippen molar-refractivity contribution in [2.24, 2.45) is 0 Å². The maximum atomic E-state index is 12.3. The van der Waals surface area contributed by atoms with Gasteiger partial charge in [0.2, 0.25) is 5.82 Å². The number of carbonyl (C=O) groups excluding carboxylic acids is 1. The van der Waals surface area contributed by atoms with E-state index in [0.29, 0.717) is 10.8 Å². The summed E-state index contributed by atoms with van der Waals surface area (Å²) in [5.74, 6) is 0.166. The van der Waals surface area contributed by atoms with Gasteiger partial charge < -0.3 is 5.32 Å². The van der Waals surface area contributed by atoms with Gasteiger partial charge in [0.1, 0.15) is 0 Å². The molecule has 1 N–H and O–H groups in total. The summed E-state index contributed by atoms with van der Waals surface area (Å²) < 4.78 is 1.54. The Morgan fingerprint density at radius 1 is 1.27 bits per heavy atom. The van der Waals surface area contributed by atoms with Crippen LogP contribution in [0.3, 0.4) is 0 Å². The number of nitrogens with zero attached hydrogens (tertiary/aromatic N) is 4. The molecule has 7 heteroatoms. The molecule has 0 bridgehead atoms. The Labute approximate surface area is 132 Å². The number of amides is 1. The maximum Gasteiger partial charge on any atom is 0.291 e. The number of hydrogen-bond acceptors (Lipinski definition) is 4. The average molecular weight is 316 g/mol. The second kappa shape index (κ2) is 5.73. The van der Waals surface area contributed by atoms with Crippen molar-refractivity contribution >= 4 is 23.3 Å². The third-order valence-corrected chi connectivity index (χ3v) is 3.60. The van der Waals surface area contributed by atoms with Crippen molar-refractivity contribution in [3.63, 3.8) is 0 Å². The fourth-order valence-corrected chi connectivity index (χ4v) is 2.22. The molecular weight excluding hydrogens is 302 g/mol. The molecule has 6 nitrogen and oxygen atoms in total. The summed E-state index contributed by atoms with van der Waals surface area (Å²) in [6, 6.07) is 8.95. The van der Waals surface area contributed by atoms with E-state index >= 15 is 0 Å². The summed E-state index contributed by atoms with van der Waals surface area (Å²) in [4.78, 5) is 20.5. The zero-order valence-corrected chi connectivity index (χ0v) is 12.9. The first kappa shape index (κ1) is 14.5. The number of carbonyl (C=O) groups is 1. The molecule has 1 unspecified atom stereocenters. The van der Waals surface area contributed by atoms with Crippen LogP contribution in [0.4, 0.5) is 0 Å². The van der Waals surface area contributed by atoms with Gasteiger partial charge in [0.25, 0.3) is 11.7 Å². The minimum atomic E-state index is -0.340. The molecule has 0 spiro atoms. The molecule has 0 saturated heterocycles. The summed E-state index contributed by atoms with van der Waals surface area (Å²) >= 11 is 5.86. The number of halogens is 1. The first-order valence-electron chi connectivity index (χ1n) is 6.79. The lowest BCUT2D eigenvalue weighted by Crippen LogP contribution is -2.27. The Balaban J connectivity index is 1.80. The van der Waals surface area contributed by atoms with Crippen LogP contribution in [-0.2, 0) is 0 Å². The van der Waals surface area contributed by atoms with Crippen LogP contribution < -0.4 is 5.32 Å². The minimum absolute atomic E-state index is 0.0996. The largest absolute Gasteiger partial charge is 0.343 e. The predicted molar refractivity (Wildman–Crippen MR) is 82.9 cm³/mol. The van der Waals surface area contributed by atoms with Gasteiger partial charge in [0.15, 0.2) is 0 Å². The number of aryl methyl sites for hydroxylation is 1. The zero-order chi connectivity index (χ0) is 15.7. The van der Waals surface area contributed by atoms with Crippen LogP contribution >= 0.6 is 11.6 Å². The molecule has 0 radical (unpaired) electrons. The molecule has 3 aromatic rings. The standard InChI is InChI=1S/C15H14ClN5O/c1-9-7-8-17-15-19-13(20-21(9)15)14(22)18-10(2)11-3-5-12(16)6-4-11/h3-8,10H,1-2H3,(H,18,22). The molecular formula is C15H14ClN5O. The van der Waals surface area contributed by atoms with Gasteiger partial charge in [-0.1, -0.05) is 23.7 Å². The number of fused-ring (bicyclic) bond motifs is 1. The van der Waals surface area contributed by atoms with Gasteiger partial charge in [-0.05, 0) is 37.6 Å². The van der Waals surface area contributed by atoms with Crippen LogP contribution in [0.1, 0.15) is 34.8 Å². The van der Waals surface area contributed by atoms with E-state index in [1.807, 2.05) is 26.0 Å². The van der Waals surface area contributed by atoms with E-state index in [1.54, 1.807) is 28.9 Å². The summed E-state index contributed by atoms with van der Waals surface area (Å²) in [5.41, 5.74) is 1.82. The highest BCUT2D eigenvalue weighted by Gasteiger charge is 2.17. The molecule has 0 aliphatic rings. The number of rotatable bonds is 3. The maximum absolute atomic E-state index is 12.3. The smallest absolute Gasteiger partial charge is 0.291 e. The van der Waals surface area contributed by atoms with Crippen molar-refractivity contribution in [2.75, 3.05) is 0 Å². The quantitative estimate of drug-likeness (QED) is 0.806. The van der Waals surface area contributed by atoms with E-state index in [4.69, 9.17) is 11.6 Å². The van der Waals surface area contributed by atoms with Crippen LogP contribution in [0.2, 0.25) is 5.02 Å². The Kier molecular flexibility index (Phi) is 3.77. The van der Waals surface area contributed by atoms with Crippen LogP contribution in [0.25, 0.3) is 5.78 Å². The Bertz CT molecular complexity index is 828. The summed E-state index contributed by atoms with van der Waals surface area (Å²) in [5, 5.41) is 7.71. The fraction of sp³-hybridized carbons (Fsp3) is 0.200. The van der Waals surface area contributed by atoms with Gasteiger partial charge in [0, 0.05) is 16.9 Å².